The zero-order valence-electron chi connectivity index (χ0n) is 12.4. The lowest BCUT2D eigenvalue weighted by Gasteiger charge is -2.11. The van der Waals surface area contributed by atoms with Crippen molar-refractivity contribution in [1.29, 1.82) is 0 Å². The van der Waals surface area contributed by atoms with E-state index in [2.05, 4.69) is 10.0 Å². The summed E-state index contributed by atoms with van der Waals surface area (Å²) < 4.78 is 26.7. The highest BCUT2D eigenvalue weighted by atomic mass is 32.2. The summed E-state index contributed by atoms with van der Waals surface area (Å²) in [5.74, 6) is -0.193. The summed E-state index contributed by atoms with van der Waals surface area (Å²) in [6.07, 6.45) is 0. The summed E-state index contributed by atoms with van der Waals surface area (Å²) in [5, 5.41) is 2.66. The van der Waals surface area contributed by atoms with E-state index in [1.165, 1.54) is 0 Å². The summed E-state index contributed by atoms with van der Waals surface area (Å²) in [6, 6.07) is 5.19. The molecule has 1 rings (SSSR count). The van der Waals surface area contributed by atoms with Crippen LogP contribution in [-0.2, 0) is 14.8 Å². The van der Waals surface area contributed by atoms with Crippen LogP contribution < -0.4 is 10.0 Å². The molecule has 0 saturated carbocycles. The molecule has 0 radical (unpaired) electrons. The second kappa shape index (κ2) is 6.85. The number of hydrogen-bond acceptors (Lipinski definition) is 3. The zero-order chi connectivity index (χ0) is 15.3. The van der Waals surface area contributed by atoms with Crippen LogP contribution in [0.5, 0.6) is 0 Å². The second-order valence-electron chi connectivity index (χ2n) is 5.11. The van der Waals surface area contributed by atoms with E-state index in [1.807, 2.05) is 13.0 Å². The van der Waals surface area contributed by atoms with Gasteiger partial charge in [0.05, 0.1) is 4.90 Å². The van der Waals surface area contributed by atoms with Gasteiger partial charge in [-0.1, -0.05) is 31.5 Å². The van der Waals surface area contributed by atoms with Crippen LogP contribution in [-0.4, -0.2) is 27.4 Å². The van der Waals surface area contributed by atoms with Crippen molar-refractivity contribution in [2.45, 2.75) is 32.6 Å². The lowest BCUT2D eigenvalue weighted by molar-refractivity contribution is -0.123. The fourth-order valence-electron chi connectivity index (χ4n) is 1.75. The average Bonchev–Trinajstić information content (AvgIpc) is 2.33. The Labute approximate surface area is 120 Å². The Morgan fingerprint density at radius 1 is 1.20 bits per heavy atom. The molecule has 1 amide bonds. The molecular weight excluding hydrogens is 276 g/mol. The van der Waals surface area contributed by atoms with E-state index in [-0.39, 0.29) is 29.8 Å². The van der Waals surface area contributed by atoms with Crippen LogP contribution in [0.25, 0.3) is 0 Å². The third-order valence-electron chi connectivity index (χ3n) is 2.86. The molecule has 2 N–H and O–H groups in total. The molecule has 5 nitrogen and oxygen atoms in total. The van der Waals surface area contributed by atoms with Gasteiger partial charge in [-0.25, -0.2) is 13.1 Å². The van der Waals surface area contributed by atoms with Gasteiger partial charge in [0, 0.05) is 19.0 Å². The molecule has 112 valence electrons. The molecule has 0 unspecified atom stereocenters. The van der Waals surface area contributed by atoms with E-state index in [0.29, 0.717) is 5.56 Å². The Balaban J connectivity index is 2.60. The summed E-state index contributed by atoms with van der Waals surface area (Å²) in [5.41, 5.74) is 1.73. The van der Waals surface area contributed by atoms with Crippen molar-refractivity contribution in [3.63, 3.8) is 0 Å². The lowest BCUT2D eigenvalue weighted by atomic mass is 10.2. The summed E-state index contributed by atoms with van der Waals surface area (Å²) in [7, 11) is -3.53. The van der Waals surface area contributed by atoms with Crippen LogP contribution in [0.3, 0.4) is 0 Å². The van der Waals surface area contributed by atoms with Gasteiger partial charge in [-0.2, -0.15) is 0 Å². The Kier molecular flexibility index (Phi) is 5.71. The molecule has 0 aromatic heterocycles. The smallest absolute Gasteiger partial charge is 0.240 e. The Morgan fingerprint density at radius 3 is 2.40 bits per heavy atom. The summed E-state index contributed by atoms with van der Waals surface area (Å²) in [6.45, 7) is 7.71. The monoisotopic (exact) mass is 298 g/mol. The molecule has 0 fully saturated rings. The number of hydrogen-bond donors (Lipinski definition) is 2. The topological polar surface area (TPSA) is 75.3 Å². The maximum absolute atomic E-state index is 12.1. The van der Waals surface area contributed by atoms with Gasteiger partial charge >= 0.3 is 0 Å². The van der Waals surface area contributed by atoms with Gasteiger partial charge in [-0.3, -0.25) is 4.79 Å². The number of nitrogens with one attached hydrogen (secondary N) is 2. The number of aryl methyl sites for hydroxylation is 2. The molecular formula is C14H22N2O3S. The fraction of sp³-hybridized carbons (Fsp3) is 0.500. The molecule has 0 saturated heterocycles. The Morgan fingerprint density at radius 2 is 1.85 bits per heavy atom. The van der Waals surface area contributed by atoms with Gasteiger partial charge in [0.25, 0.3) is 0 Å². The first-order valence-corrected chi connectivity index (χ1v) is 8.07. The third kappa shape index (κ3) is 4.61. The van der Waals surface area contributed by atoms with Gasteiger partial charge in [0.2, 0.25) is 15.9 Å². The molecule has 0 spiro atoms. The number of benzene rings is 1. The molecule has 0 bridgehead atoms. The lowest BCUT2D eigenvalue weighted by Crippen LogP contribution is -2.36. The standard InChI is InChI=1S/C14H22N2O3S/c1-10(2)14(17)15-7-8-16-20(18,19)13-6-5-11(3)9-12(13)4/h5-6,9-10,16H,7-8H2,1-4H3,(H,15,17). The minimum absolute atomic E-state index is 0.0873. The largest absolute Gasteiger partial charge is 0.355 e. The molecule has 0 atom stereocenters. The third-order valence-corrected chi connectivity index (χ3v) is 4.48. The van der Waals surface area contributed by atoms with Crippen molar-refractivity contribution in [1.82, 2.24) is 10.0 Å². The molecule has 0 aliphatic rings. The normalized spacial score (nSPS) is 11.7. The highest BCUT2D eigenvalue weighted by Gasteiger charge is 2.16. The predicted octanol–water partition coefficient (Wildman–Crippen LogP) is 1.35. The molecule has 0 aliphatic carbocycles. The van der Waals surface area contributed by atoms with E-state index in [4.69, 9.17) is 0 Å². The number of carbonyl (C=O) groups excluding carboxylic acids is 1. The van der Waals surface area contributed by atoms with Crippen LogP contribution in [0.2, 0.25) is 0 Å². The van der Waals surface area contributed by atoms with E-state index >= 15 is 0 Å². The predicted molar refractivity (Wildman–Crippen MR) is 79.0 cm³/mol. The maximum Gasteiger partial charge on any atom is 0.240 e. The number of carbonyl (C=O) groups is 1. The van der Waals surface area contributed by atoms with E-state index in [0.717, 1.165) is 5.56 Å². The first-order chi connectivity index (χ1) is 9.24. The fourth-order valence-corrected chi connectivity index (χ4v) is 3.01. The van der Waals surface area contributed by atoms with Crippen LogP contribution in [0, 0.1) is 19.8 Å². The maximum atomic E-state index is 12.1. The van der Waals surface area contributed by atoms with Crippen molar-refractivity contribution < 1.29 is 13.2 Å². The number of rotatable bonds is 6. The Bertz CT molecular complexity index is 580. The Hall–Kier alpha value is -1.40. The SMILES string of the molecule is Cc1ccc(S(=O)(=O)NCCNC(=O)C(C)C)c(C)c1. The van der Waals surface area contributed by atoms with Crippen LogP contribution in [0.4, 0.5) is 0 Å². The van der Waals surface area contributed by atoms with Gasteiger partial charge < -0.3 is 5.32 Å². The number of amides is 1. The minimum atomic E-state index is -3.53. The first kappa shape index (κ1) is 16.7. The van der Waals surface area contributed by atoms with Gasteiger partial charge in [0.1, 0.15) is 0 Å². The average molecular weight is 298 g/mol. The van der Waals surface area contributed by atoms with E-state index < -0.39 is 10.0 Å². The highest BCUT2D eigenvalue weighted by Crippen LogP contribution is 2.15. The second-order valence-corrected chi connectivity index (χ2v) is 6.85. The summed E-state index contributed by atoms with van der Waals surface area (Å²) >= 11 is 0. The summed E-state index contributed by atoms with van der Waals surface area (Å²) in [4.78, 5) is 11.6. The van der Waals surface area contributed by atoms with Gasteiger partial charge in [-0.05, 0) is 25.5 Å². The zero-order valence-corrected chi connectivity index (χ0v) is 13.2. The van der Waals surface area contributed by atoms with Gasteiger partial charge in [0.15, 0.2) is 0 Å². The minimum Gasteiger partial charge on any atom is -0.355 e. The van der Waals surface area contributed by atoms with Crippen molar-refractivity contribution in [3.05, 3.63) is 29.3 Å². The highest BCUT2D eigenvalue weighted by molar-refractivity contribution is 7.89. The molecule has 1 aromatic rings. The van der Waals surface area contributed by atoms with Crippen LogP contribution >= 0.6 is 0 Å². The van der Waals surface area contributed by atoms with Crippen molar-refractivity contribution in [3.8, 4) is 0 Å². The molecule has 6 heteroatoms. The van der Waals surface area contributed by atoms with Crippen LogP contribution in [0.15, 0.2) is 23.1 Å². The van der Waals surface area contributed by atoms with E-state index in [9.17, 15) is 13.2 Å². The molecule has 0 heterocycles. The van der Waals surface area contributed by atoms with Gasteiger partial charge in [-0.15, -0.1) is 0 Å². The van der Waals surface area contributed by atoms with Crippen molar-refractivity contribution >= 4 is 15.9 Å². The van der Waals surface area contributed by atoms with E-state index in [1.54, 1.807) is 32.9 Å². The quantitative estimate of drug-likeness (QED) is 0.779. The van der Waals surface area contributed by atoms with Crippen molar-refractivity contribution in [2.75, 3.05) is 13.1 Å². The van der Waals surface area contributed by atoms with Crippen LogP contribution in [0.1, 0.15) is 25.0 Å². The molecule has 0 aliphatic heterocycles. The number of sulfonamides is 1. The molecule has 20 heavy (non-hydrogen) atoms. The first-order valence-electron chi connectivity index (χ1n) is 6.58. The molecule has 1 aromatic carbocycles. The van der Waals surface area contributed by atoms with Crippen molar-refractivity contribution in [2.24, 2.45) is 5.92 Å².